The molecule has 1 aromatic rings. The molecule has 2 N–H and O–H groups in total. The molecule has 9 heteroatoms. The average molecular weight is 385 g/mol. The molecule has 3 atom stereocenters. The van der Waals surface area contributed by atoms with Gasteiger partial charge in [0.1, 0.15) is 12.2 Å². The molecule has 1 saturated heterocycles. The fourth-order valence-electron chi connectivity index (χ4n) is 5.15. The molecule has 2 aliphatic carbocycles. The summed E-state index contributed by atoms with van der Waals surface area (Å²) < 4.78 is 44.1. The fourth-order valence-corrected chi connectivity index (χ4v) is 5.15. The number of urea groups is 1. The van der Waals surface area contributed by atoms with Crippen LogP contribution in [0.25, 0.3) is 0 Å². The molecule has 0 bridgehead atoms. The summed E-state index contributed by atoms with van der Waals surface area (Å²) in [6.45, 7) is -0.701. The van der Waals surface area contributed by atoms with Crippen LogP contribution in [0.4, 0.5) is 23.7 Å². The Morgan fingerprint density at radius 1 is 1.33 bits per heavy atom. The number of ether oxygens (including phenoxy) is 1. The van der Waals surface area contributed by atoms with Crippen molar-refractivity contribution in [2.24, 2.45) is 11.3 Å². The van der Waals surface area contributed by atoms with E-state index in [0.717, 1.165) is 38.3 Å². The third-order valence-corrected chi connectivity index (χ3v) is 6.19. The number of fused-ring (bicyclic) bond motifs is 2. The Balaban J connectivity index is 1.46. The van der Waals surface area contributed by atoms with Gasteiger partial charge in [0.2, 0.25) is 0 Å². The third-order valence-electron chi connectivity index (χ3n) is 6.19. The molecule has 4 rings (SSSR count). The Kier molecular flexibility index (Phi) is 4.44. The summed E-state index contributed by atoms with van der Waals surface area (Å²) in [6.07, 6.45) is 1.83. The molecular formula is C18H22F3N3O3. The quantitative estimate of drug-likeness (QED) is 0.841. The highest BCUT2D eigenvalue weighted by Gasteiger charge is 2.65. The van der Waals surface area contributed by atoms with E-state index in [-0.39, 0.29) is 29.2 Å². The van der Waals surface area contributed by atoms with Crippen molar-refractivity contribution in [2.75, 3.05) is 11.9 Å². The molecule has 0 radical (unpaired) electrons. The van der Waals surface area contributed by atoms with Crippen LogP contribution in [0.3, 0.4) is 0 Å². The molecule has 1 aromatic heterocycles. The van der Waals surface area contributed by atoms with Gasteiger partial charge in [-0.15, -0.1) is 0 Å². The van der Waals surface area contributed by atoms with Gasteiger partial charge in [-0.2, -0.15) is 13.2 Å². The van der Waals surface area contributed by atoms with Gasteiger partial charge in [-0.25, -0.2) is 4.79 Å². The number of carbonyl (C=O) groups is 1. The summed E-state index contributed by atoms with van der Waals surface area (Å²) in [4.78, 5) is 24.6. The van der Waals surface area contributed by atoms with Gasteiger partial charge in [0.05, 0.1) is 6.10 Å². The maximum atomic E-state index is 12.6. The Morgan fingerprint density at radius 2 is 2.07 bits per heavy atom. The zero-order valence-corrected chi connectivity index (χ0v) is 14.7. The van der Waals surface area contributed by atoms with E-state index in [0.29, 0.717) is 11.2 Å². The lowest BCUT2D eigenvalue weighted by Gasteiger charge is -2.56. The zero-order valence-electron chi connectivity index (χ0n) is 14.7. The summed E-state index contributed by atoms with van der Waals surface area (Å²) in [7, 11) is 0. The number of halogens is 3. The van der Waals surface area contributed by atoms with Crippen LogP contribution in [0.5, 0.6) is 0 Å². The topological polar surface area (TPSA) is 72.4 Å². The number of rotatable bonds is 3. The van der Waals surface area contributed by atoms with Gasteiger partial charge < -0.3 is 19.9 Å². The number of alkyl halides is 3. The van der Waals surface area contributed by atoms with Gasteiger partial charge in [-0.05, 0) is 31.4 Å². The second-order valence-electron chi connectivity index (χ2n) is 7.73. The van der Waals surface area contributed by atoms with Crippen LogP contribution in [-0.4, -0.2) is 35.5 Å². The highest BCUT2D eigenvalue weighted by molar-refractivity contribution is 5.89. The Hall–Kier alpha value is -2.03. The van der Waals surface area contributed by atoms with Gasteiger partial charge in [-0.3, -0.25) is 4.79 Å². The molecule has 3 fully saturated rings. The number of nitrogens with zero attached hydrogens (tertiary/aromatic N) is 1. The van der Waals surface area contributed by atoms with Gasteiger partial charge >= 0.3 is 12.2 Å². The van der Waals surface area contributed by atoms with Crippen LogP contribution >= 0.6 is 0 Å². The fraction of sp³-hybridized carbons (Fsp3) is 0.667. The lowest BCUT2D eigenvalue weighted by Crippen LogP contribution is -2.68. The van der Waals surface area contributed by atoms with Crippen LogP contribution in [0.15, 0.2) is 23.1 Å². The summed E-state index contributed by atoms with van der Waals surface area (Å²) in [5, 5.41) is 5.39. The van der Waals surface area contributed by atoms with Crippen molar-refractivity contribution in [3.8, 4) is 0 Å². The molecule has 2 heterocycles. The van der Waals surface area contributed by atoms with E-state index in [2.05, 4.69) is 10.6 Å². The Labute approximate surface area is 154 Å². The van der Waals surface area contributed by atoms with Crippen molar-refractivity contribution < 1.29 is 22.7 Å². The number of aromatic nitrogens is 1. The normalized spacial score (nSPS) is 28.6. The van der Waals surface area contributed by atoms with Crippen LogP contribution in [0, 0.1) is 11.3 Å². The Bertz CT molecular complexity index is 786. The number of pyridine rings is 1. The van der Waals surface area contributed by atoms with Gasteiger partial charge in [-0.1, -0.05) is 12.8 Å². The zero-order chi connectivity index (χ0) is 19.2. The molecule has 27 heavy (non-hydrogen) atoms. The maximum absolute atomic E-state index is 12.6. The molecular weight excluding hydrogens is 363 g/mol. The van der Waals surface area contributed by atoms with Crippen LogP contribution in [0.1, 0.15) is 32.1 Å². The van der Waals surface area contributed by atoms with Gasteiger partial charge in [0.15, 0.2) is 0 Å². The standard InChI is InChI=1S/C18H22F3N3O3/c19-18(20,21)10-24-8-3-4-12(15(24)25)22-16(26)23-13-11-5-9-27-14(11)17(13)6-1-2-7-17/h3-4,8,11,13-14H,1-2,5-7,9-10H2,(H2,22,23,26)/t11-,13-,14+/m1/s1. The van der Waals surface area contributed by atoms with Gasteiger partial charge in [0.25, 0.3) is 5.56 Å². The molecule has 1 aliphatic heterocycles. The van der Waals surface area contributed by atoms with Crippen molar-refractivity contribution >= 4 is 11.7 Å². The summed E-state index contributed by atoms with van der Waals surface area (Å²) in [5.41, 5.74) is -1.08. The summed E-state index contributed by atoms with van der Waals surface area (Å²) in [6, 6.07) is 2.04. The lowest BCUT2D eigenvalue weighted by atomic mass is 9.54. The molecule has 3 aliphatic rings. The maximum Gasteiger partial charge on any atom is 0.406 e. The highest BCUT2D eigenvalue weighted by atomic mass is 19.4. The van der Waals surface area contributed by atoms with Crippen molar-refractivity contribution in [2.45, 2.75) is 57.0 Å². The van der Waals surface area contributed by atoms with E-state index >= 15 is 0 Å². The van der Waals surface area contributed by atoms with Crippen molar-refractivity contribution in [3.05, 3.63) is 28.7 Å². The first-order chi connectivity index (χ1) is 12.8. The molecule has 148 valence electrons. The van der Waals surface area contributed by atoms with E-state index in [1.54, 1.807) is 0 Å². The monoisotopic (exact) mass is 385 g/mol. The number of carbonyl (C=O) groups excluding carboxylic acids is 1. The molecule has 2 saturated carbocycles. The van der Waals surface area contributed by atoms with E-state index in [9.17, 15) is 22.8 Å². The minimum Gasteiger partial charge on any atom is -0.377 e. The number of nitrogens with one attached hydrogen (secondary N) is 2. The van der Waals surface area contributed by atoms with Crippen LogP contribution in [0.2, 0.25) is 0 Å². The molecule has 0 unspecified atom stereocenters. The predicted octanol–water partition coefficient (Wildman–Crippen LogP) is 2.88. The SMILES string of the molecule is O=C(Nc1cccn(CC(F)(F)F)c1=O)N[C@@H]1[C@H]2CCO[C@@H]2C12CCCC2. The minimum atomic E-state index is -4.51. The van der Waals surface area contributed by atoms with E-state index < -0.39 is 24.3 Å². The van der Waals surface area contributed by atoms with E-state index in [1.165, 1.54) is 12.1 Å². The van der Waals surface area contributed by atoms with Crippen molar-refractivity contribution in [1.29, 1.82) is 0 Å². The first kappa shape index (κ1) is 18.3. The van der Waals surface area contributed by atoms with Crippen LogP contribution in [-0.2, 0) is 11.3 Å². The first-order valence-corrected chi connectivity index (χ1v) is 9.25. The molecule has 1 spiro atoms. The average Bonchev–Trinajstić information content (AvgIpc) is 3.23. The number of amides is 2. The summed E-state index contributed by atoms with van der Waals surface area (Å²) in [5.74, 6) is 0.270. The number of hydrogen-bond acceptors (Lipinski definition) is 3. The second-order valence-corrected chi connectivity index (χ2v) is 7.73. The minimum absolute atomic E-state index is 0.0198. The largest absolute Gasteiger partial charge is 0.406 e. The predicted molar refractivity (Wildman–Crippen MR) is 91.4 cm³/mol. The van der Waals surface area contributed by atoms with E-state index in [4.69, 9.17) is 4.74 Å². The third kappa shape index (κ3) is 3.22. The van der Waals surface area contributed by atoms with Gasteiger partial charge in [0, 0.05) is 30.2 Å². The van der Waals surface area contributed by atoms with Crippen molar-refractivity contribution in [3.63, 3.8) is 0 Å². The highest BCUT2D eigenvalue weighted by Crippen LogP contribution is 2.60. The molecule has 0 aromatic carbocycles. The van der Waals surface area contributed by atoms with E-state index in [1.807, 2.05) is 0 Å². The second kappa shape index (κ2) is 6.54. The number of hydrogen-bond donors (Lipinski definition) is 2. The summed E-state index contributed by atoms with van der Waals surface area (Å²) >= 11 is 0. The Morgan fingerprint density at radius 3 is 2.78 bits per heavy atom. The first-order valence-electron chi connectivity index (χ1n) is 9.25. The van der Waals surface area contributed by atoms with Crippen LogP contribution < -0.4 is 16.2 Å². The molecule has 6 nitrogen and oxygen atoms in total. The lowest BCUT2D eigenvalue weighted by molar-refractivity contribution is -0.141. The van der Waals surface area contributed by atoms with Crippen molar-refractivity contribution in [1.82, 2.24) is 9.88 Å². The molecule has 2 amide bonds. The number of anilines is 1. The smallest absolute Gasteiger partial charge is 0.377 e.